The molecule has 0 atom stereocenters. The number of aromatic nitrogens is 2. The molecule has 0 amide bonds. The summed E-state index contributed by atoms with van der Waals surface area (Å²) >= 11 is 0. The molecule has 0 saturated carbocycles. The van der Waals surface area contributed by atoms with Gasteiger partial charge in [0.1, 0.15) is 0 Å². The normalized spacial score (nSPS) is 11.6. The lowest BCUT2D eigenvalue weighted by atomic mass is 10.1. The fourth-order valence-corrected chi connectivity index (χ4v) is 1.19. The fourth-order valence-electron chi connectivity index (χ4n) is 1.19. The second kappa shape index (κ2) is 5.05. The summed E-state index contributed by atoms with van der Waals surface area (Å²) in [5, 5.41) is 3.44. The topological polar surface area (TPSA) is 37.8 Å². The van der Waals surface area contributed by atoms with Crippen molar-refractivity contribution < 1.29 is 0 Å². The van der Waals surface area contributed by atoms with Gasteiger partial charge in [0.15, 0.2) is 0 Å². The number of nitrogens with one attached hydrogen (secondary N) is 1. The molecule has 0 aliphatic heterocycles. The lowest BCUT2D eigenvalue weighted by Gasteiger charge is -2.20. The van der Waals surface area contributed by atoms with E-state index in [9.17, 15) is 0 Å². The van der Waals surface area contributed by atoms with Gasteiger partial charge in [0, 0.05) is 24.1 Å². The van der Waals surface area contributed by atoms with Crippen molar-refractivity contribution in [1.29, 1.82) is 0 Å². The highest BCUT2D eigenvalue weighted by Crippen LogP contribution is 2.00. The highest BCUT2D eigenvalue weighted by Gasteiger charge is 2.07. The van der Waals surface area contributed by atoms with Gasteiger partial charge in [0.05, 0.1) is 5.69 Å². The van der Waals surface area contributed by atoms with E-state index >= 15 is 0 Å². The van der Waals surface area contributed by atoms with Crippen LogP contribution in [0.5, 0.6) is 0 Å². The highest BCUT2D eigenvalue weighted by molar-refractivity contribution is 4.94. The molecule has 1 rings (SSSR count). The largest absolute Gasteiger partial charge is 0.312 e. The van der Waals surface area contributed by atoms with Gasteiger partial charge in [-0.25, -0.2) is 0 Å². The van der Waals surface area contributed by atoms with Gasteiger partial charge in [-0.2, -0.15) is 0 Å². The molecule has 0 aromatic carbocycles. The van der Waals surface area contributed by atoms with Crippen LogP contribution in [-0.4, -0.2) is 22.1 Å². The van der Waals surface area contributed by atoms with Crippen LogP contribution < -0.4 is 5.32 Å². The van der Waals surface area contributed by atoms with E-state index in [4.69, 9.17) is 0 Å². The van der Waals surface area contributed by atoms with Crippen molar-refractivity contribution in [2.75, 3.05) is 6.54 Å². The minimum Gasteiger partial charge on any atom is -0.312 e. The molecule has 0 aliphatic carbocycles. The molecule has 78 valence electrons. The molecular weight excluding hydrogens is 174 g/mol. The number of rotatable bonds is 4. The molecule has 0 unspecified atom stereocenters. The Bertz CT molecular complexity index is 251. The maximum absolute atomic E-state index is 4.22. The van der Waals surface area contributed by atoms with Crippen molar-refractivity contribution in [3.63, 3.8) is 0 Å². The van der Waals surface area contributed by atoms with E-state index in [1.165, 1.54) is 0 Å². The van der Waals surface area contributed by atoms with Crippen LogP contribution in [0.2, 0.25) is 0 Å². The third-order valence-corrected chi connectivity index (χ3v) is 1.88. The van der Waals surface area contributed by atoms with Crippen LogP contribution in [0.25, 0.3) is 0 Å². The Morgan fingerprint density at radius 1 is 1.29 bits per heavy atom. The summed E-state index contributed by atoms with van der Waals surface area (Å²) in [5.74, 6) is 0. The Labute approximate surface area is 86.0 Å². The zero-order valence-electron chi connectivity index (χ0n) is 9.25. The van der Waals surface area contributed by atoms with Gasteiger partial charge in [-0.15, -0.1) is 0 Å². The van der Waals surface area contributed by atoms with E-state index in [1.54, 1.807) is 12.4 Å². The second-order valence-corrected chi connectivity index (χ2v) is 4.48. The second-order valence-electron chi connectivity index (χ2n) is 4.48. The van der Waals surface area contributed by atoms with Crippen LogP contribution in [0.4, 0.5) is 0 Å². The smallest absolute Gasteiger partial charge is 0.0587 e. The predicted molar refractivity (Wildman–Crippen MR) is 58.1 cm³/mol. The predicted octanol–water partition coefficient (Wildman–Crippen LogP) is 1.80. The molecule has 0 aliphatic rings. The fraction of sp³-hybridized carbons (Fsp3) is 0.636. The molecule has 1 aromatic rings. The molecule has 0 radical (unpaired) electrons. The number of hydrogen-bond donors (Lipinski definition) is 1. The van der Waals surface area contributed by atoms with Crippen molar-refractivity contribution in [3.05, 3.63) is 24.3 Å². The average molecular weight is 193 g/mol. The maximum atomic E-state index is 4.22. The van der Waals surface area contributed by atoms with Crippen LogP contribution in [0, 0.1) is 0 Å². The van der Waals surface area contributed by atoms with Crippen molar-refractivity contribution in [2.45, 2.75) is 39.2 Å². The first kappa shape index (κ1) is 11.1. The van der Waals surface area contributed by atoms with Crippen LogP contribution in [0.1, 0.15) is 32.9 Å². The quantitative estimate of drug-likeness (QED) is 0.741. The van der Waals surface area contributed by atoms with Gasteiger partial charge in [-0.05, 0) is 40.2 Å². The highest BCUT2D eigenvalue weighted by atomic mass is 14.9. The summed E-state index contributed by atoms with van der Waals surface area (Å²) in [4.78, 5) is 8.25. The van der Waals surface area contributed by atoms with Crippen molar-refractivity contribution in [1.82, 2.24) is 15.3 Å². The first-order valence-electron chi connectivity index (χ1n) is 5.08. The summed E-state index contributed by atoms with van der Waals surface area (Å²) in [6.45, 7) is 7.56. The zero-order chi connectivity index (χ0) is 10.4. The molecule has 0 spiro atoms. The molecule has 1 N–H and O–H groups in total. The summed E-state index contributed by atoms with van der Waals surface area (Å²) in [6, 6.07) is 0. The first-order chi connectivity index (χ1) is 6.58. The van der Waals surface area contributed by atoms with E-state index in [1.807, 2.05) is 6.20 Å². The molecular formula is C11H19N3. The SMILES string of the molecule is CC(C)(C)NCCCc1cnccn1. The molecule has 0 saturated heterocycles. The van der Waals surface area contributed by atoms with Crippen LogP contribution in [0.15, 0.2) is 18.6 Å². The van der Waals surface area contributed by atoms with Gasteiger partial charge in [0.2, 0.25) is 0 Å². The van der Waals surface area contributed by atoms with E-state index in [2.05, 4.69) is 36.1 Å². The molecule has 0 bridgehead atoms. The van der Waals surface area contributed by atoms with Crippen molar-refractivity contribution in [3.8, 4) is 0 Å². The minimum absolute atomic E-state index is 0.211. The summed E-state index contributed by atoms with van der Waals surface area (Å²) in [5.41, 5.74) is 1.28. The van der Waals surface area contributed by atoms with E-state index < -0.39 is 0 Å². The lowest BCUT2D eigenvalue weighted by Crippen LogP contribution is -2.36. The average Bonchev–Trinajstić information content (AvgIpc) is 2.13. The van der Waals surface area contributed by atoms with Gasteiger partial charge in [0.25, 0.3) is 0 Å². The molecule has 0 fully saturated rings. The third kappa shape index (κ3) is 4.92. The van der Waals surface area contributed by atoms with E-state index in [0.29, 0.717) is 0 Å². The number of nitrogens with zero attached hydrogens (tertiary/aromatic N) is 2. The molecule has 14 heavy (non-hydrogen) atoms. The minimum atomic E-state index is 0.211. The Hall–Kier alpha value is -0.960. The summed E-state index contributed by atoms with van der Waals surface area (Å²) < 4.78 is 0. The monoisotopic (exact) mass is 193 g/mol. The van der Waals surface area contributed by atoms with E-state index in [-0.39, 0.29) is 5.54 Å². The Kier molecular flexibility index (Phi) is 4.01. The van der Waals surface area contributed by atoms with Gasteiger partial charge in [-0.3, -0.25) is 9.97 Å². The van der Waals surface area contributed by atoms with Crippen LogP contribution >= 0.6 is 0 Å². The third-order valence-electron chi connectivity index (χ3n) is 1.88. The lowest BCUT2D eigenvalue weighted by molar-refractivity contribution is 0.422. The van der Waals surface area contributed by atoms with Crippen LogP contribution in [0.3, 0.4) is 0 Å². The van der Waals surface area contributed by atoms with Gasteiger partial charge < -0.3 is 5.32 Å². The Morgan fingerprint density at radius 3 is 2.64 bits per heavy atom. The molecule has 1 aromatic heterocycles. The first-order valence-corrected chi connectivity index (χ1v) is 5.08. The Balaban J connectivity index is 2.17. The molecule has 1 heterocycles. The van der Waals surface area contributed by atoms with Gasteiger partial charge >= 0.3 is 0 Å². The van der Waals surface area contributed by atoms with Crippen molar-refractivity contribution in [2.24, 2.45) is 0 Å². The summed E-state index contributed by atoms with van der Waals surface area (Å²) in [7, 11) is 0. The molecule has 3 nitrogen and oxygen atoms in total. The zero-order valence-corrected chi connectivity index (χ0v) is 9.25. The standard InChI is InChI=1S/C11H19N3/c1-11(2,3)14-6-4-5-10-9-12-7-8-13-10/h7-9,14H,4-6H2,1-3H3. The van der Waals surface area contributed by atoms with Crippen LogP contribution in [-0.2, 0) is 6.42 Å². The van der Waals surface area contributed by atoms with Crippen molar-refractivity contribution >= 4 is 0 Å². The van der Waals surface area contributed by atoms with E-state index in [0.717, 1.165) is 25.1 Å². The Morgan fingerprint density at radius 2 is 2.07 bits per heavy atom. The molecule has 3 heteroatoms. The summed E-state index contributed by atoms with van der Waals surface area (Å²) in [6.07, 6.45) is 7.38. The maximum Gasteiger partial charge on any atom is 0.0587 e. The number of hydrogen-bond acceptors (Lipinski definition) is 3. The number of aryl methyl sites for hydroxylation is 1. The van der Waals surface area contributed by atoms with Gasteiger partial charge in [-0.1, -0.05) is 0 Å².